The molecule has 5 aromatic rings. The topological polar surface area (TPSA) is 52.8 Å². The minimum atomic E-state index is -0.0828. The van der Waals surface area contributed by atoms with Gasteiger partial charge in [-0.05, 0) is 29.8 Å². The predicted octanol–water partition coefficient (Wildman–Crippen LogP) is 4.04. The second kappa shape index (κ2) is 7.65. The third kappa shape index (κ3) is 3.21. The molecule has 2 heterocycles. The Hall–Kier alpha value is -3.64. The second-order valence-electron chi connectivity index (χ2n) is 6.79. The maximum absolute atomic E-state index is 13.1. The summed E-state index contributed by atoms with van der Waals surface area (Å²) < 4.78 is 13.9. The normalized spacial score (nSPS) is 12.0. The molecule has 0 saturated carbocycles. The maximum Gasteiger partial charge on any atom is 0.274 e. The van der Waals surface area contributed by atoms with Gasteiger partial charge in [0.2, 0.25) is 0 Å². The van der Waals surface area contributed by atoms with Crippen molar-refractivity contribution < 1.29 is 9.47 Å². The molecule has 148 valence electrons. The van der Waals surface area contributed by atoms with Gasteiger partial charge in [-0.1, -0.05) is 65.9 Å². The van der Waals surface area contributed by atoms with Crippen LogP contribution in [-0.4, -0.2) is 16.5 Å². The zero-order valence-corrected chi connectivity index (χ0v) is 17.1. The van der Waals surface area contributed by atoms with E-state index in [9.17, 15) is 4.79 Å². The molecule has 0 aliphatic rings. The molecular formula is C24H18N2O3S. The van der Waals surface area contributed by atoms with Gasteiger partial charge >= 0.3 is 0 Å². The highest BCUT2D eigenvalue weighted by Crippen LogP contribution is 2.32. The Morgan fingerprint density at radius 3 is 2.63 bits per heavy atom. The summed E-state index contributed by atoms with van der Waals surface area (Å²) in [6, 6.07) is 23.2. The number of benzene rings is 3. The van der Waals surface area contributed by atoms with E-state index in [2.05, 4.69) is 4.98 Å². The molecule has 0 aliphatic heterocycles. The van der Waals surface area contributed by atoms with Gasteiger partial charge in [-0.15, -0.1) is 0 Å². The van der Waals surface area contributed by atoms with Gasteiger partial charge < -0.3 is 9.47 Å². The number of hydrogen-bond acceptors (Lipinski definition) is 5. The molecule has 0 aliphatic carbocycles. The first-order valence-electron chi connectivity index (χ1n) is 9.50. The third-order valence-electron chi connectivity index (χ3n) is 4.89. The average Bonchev–Trinajstić information content (AvgIpc) is 3.29. The van der Waals surface area contributed by atoms with Gasteiger partial charge in [0.25, 0.3) is 5.56 Å². The number of fused-ring (bicyclic) bond motifs is 3. The Morgan fingerprint density at radius 1 is 1.00 bits per heavy atom. The predicted molar refractivity (Wildman–Crippen MR) is 119 cm³/mol. The van der Waals surface area contributed by atoms with Crippen molar-refractivity contribution in [2.75, 3.05) is 7.11 Å². The highest BCUT2D eigenvalue weighted by Gasteiger charge is 2.13. The molecule has 0 spiro atoms. The summed E-state index contributed by atoms with van der Waals surface area (Å²) in [5.74, 6) is 1.23. The number of ether oxygens (including phenoxy) is 2. The van der Waals surface area contributed by atoms with Crippen LogP contribution < -0.4 is 19.6 Å². The maximum atomic E-state index is 13.1. The summed E-state index contributed by atoms with van der Waals surface area (Å²) in [6.07, 6.45) is 1.85. The fourth-order valence-electron chi connectivity index (χ4n) is 3.44. The van der Waals surface area contributed by atoms with Crippen LogP contribution in [0.3, 0.4) is 0 Å². The van der Waals surface area contributed by atoms with Crippen LogP contribution >= 0.6 is 11.3 Å². The average molecular weight is 414 g/mol. The Balaban J connectivity index is 1.61. The van der Waals surface area contributed by atoms with Crippen LogP contribution in [-0.2, 0) is 6.61 Å². The van der Waals surface area contributed by atoms with E-state index < -0.39 is 0 Å². The summed E-state index contributed by atoms with van der Waals surface area (Å²) in [5.41, 5.74) is 3.40. The number of rotatable bonds is 5. The van der Waals surface area contributed by atoms with Crippen molar-refractivity contribution in [1.29, 1.82) is 0 Å². The molecule has 0 bridgehead atoms. The van der Waals surface area contributed by atoms with E-state index in [-0.39, 0.29) is 5.56 Å². The highest BCUT2D eigenvalue weighted by molar-refractivity contribution is 7.15. The number of thiazole rings is 1. The van der Waals surface area contributed by atoms with E-state index in [1.54, 1.807) is 11.5 Å². The van der Waals surface area contributed by atoms with Crippen molar-refractivity contribution >= 4 is 33.4 Å². The van der Waals surface area contributed by atoms with Gasteiger partial charge in [-0.2, -0.15) is 0 Å². The fraction of sp³-hybridized carbons (Fsp3) is 0.0833. The van der Waals surface area contributed by atoms with Gasteiger partial charge in [0.05, 0.1) is 22.7 Å². The van der Waals surface area contributed by atoms with E-state index in [0.29, 0.717) is 27.6 Å². The van der Waals surface area contributed by atoms with Crippen LogP contribution in [0.15, 0.2) is 77.6 Å². The van der Waals surface area contributed by atoms with Crippen molar-refractivity contribution in [2.45, 2.75) is 6.61 Å². The van der Waals surface area contributed by atoms with Crippen LogP contribution in [0.2, 0.25) is 0 Å². The Bertz CT molecular complexity index is 1450. The Morgan fingerprint density at radius 2 is 1.80 bits per heavy atom. The summed E-state index contributed by atoms with van der Waals surface area (Å²) >= 11 is 1.37. The van der Waals surface area contributed by atoms with Crippen LogP contribution in [0.5, 0.6) is 11.5 Å². The lowest BCUT2D eigenvalue weighted by Crippen LogP contribution is -2.22. The van der Waals surface area contributed by atoms with Gasteiger partial charge in [0.1, 0.15) is 6.61 Å². The first-order valence-corrected chi connectivity index (χ1v) is 10.3. The zero-order valence-electron chi connectivity index (χ0n) is 16.2. The smallest absolute Gasteiger partial charge is 0.274 e. The molecule has 0 fully saturated rings. The lowest BCUT2D eigenvalue weighted by Gasteiger charge is -2.13. The number of nitrogens with zero attached hydrogens (tertiary/aromatic N) is 2. The number of methoxy groups -OCH3 is 1. The molecule has 30 heavy (non-hydrogen) atoms. The molecule has 0 N–H and O–H groups in total. The minimum absolute atomic E-state index is 0.0828. The first kappa shape index (κ1) is 18.4. The molecule has 0 atom stereocenters. The summed E-state index contributed by atoms with van der Waals surface area (Å²) in [6.45, 7) is 0.407. The molecule has 0 saturated heterocycles. The van der Waals surface area contributed by atoms with Crippen molar-refractivity contribution in [3.05, 3.63) is 98.8 Å². The van der Waals surface area contributed by atoms with Crippen molar-refractivity contribution in [2.24, 2.45) is 0 Å². The second-order valence-corrected chi connectivity index (χ2v) is 7.80. The molecule has 3 aromatic carbocycles. The zero-order chi connectivity index (χ0) is 20.5. The minimum Gasteiger partial charge on any atom is -0.493 e. The lowest BCUT2D eigenvalue weighted by atomic mass is 10.1. The molecule has 0 radical (unpaired) electrons. The standard InChI is InChI=1S/C24H18N2O3S/c1-28-20-13-7-10-17(22(20)29-15-16-8-3-2-4-9-16)14-21-23(27)26-19-12-6-5-11-18(19)25-24(26)30-21/h2-14H,15H2,1H3/b21-14+. The van der Waals surface area contributed by atoms with Gasteiger partial charge in [0, 0.05) is 5.56 Å². The van der Waals surface area contributed by atoms with E-state index in [0.717, 1.165) is 22.2 Å². The monoisotopic (exact) mass is 414 g/mol. The molecule has 6 heteroatoms. The largest absolute Gasteiger partial charge is 0.493 e. The van der Waals surface area contributed by atoms with Crippen molar-refractivity contribution in [3.8, 4) is 11.5 Å². The molecule has 5 rings (SSSR count). The van der Waals surface area contributed by atoms with Crippen molar-refractivity contribution in [3.63, 3.8) is 0 Å². The van der Waals surface area contributed by atoms with Gasteiger partial charge in [0.15, 0.2) is 16.5 Å². The Kier molecular flexibility index (Phi) is 4.69. The summed E-state index contributed by atoms with van der Waals surface area (Å²) in [5, 5.41) is 0. The number of aromatic nitrogens is 2. The van der Waals surface area contributed by atoms with E-state index in [1.807, 2.05) is 78.9 Å². The quantitative estimate of drug-likeness (QED) is 0.436. The third-order valence-corrected chi connectivity index (χ3v) is 5.86. The van der Waals surface area contributed by atoms with Crippen molar-refractivity contribution in [1.82, 2.24) is 9.38 Å². The number of hydrogen-bond donors (Lipinski definition) is 0. The highest BCUT2D eigenvalue weighted by atomic mass is 32.1. The number of imidazole rings is 1. The van der Waals surface area contributed by atoms with E-state index in [1.165, 1.54) is 11.3 Å². The first-order chi connectivity index (χ1) is 14.7. The van der Waals surface area contributed by atoms with Crippen LogP contribution in [0.25, 0.3) is 22.1 Å². The van der Waals surface area contributed by atoms with E-state index in [4.69, 9.17) is 9.47 Å². The number of para-hydroxylation sites is 3. The van der Waals surface area contributed by atoms with E-state index >= 15 is 0 Å². The fourth-order valence-corrected chi connectivity index (χ4v) is 4.42. The molecule has 2 aromatic heterocycles. The van der Waals surface area contributed by atoms with Crippen LogP contribution in [0.1, 0.15) is 11.1 Å². The molecule has 0 unspecified atom stereocenters. The lowest BCUT2D eigenvalue weighted by molar-refractivity contribution is 0.284. The summed E-state index contributed by atoms with van der Waals surface area (Å²) in [4.78, 5) is 18.3. The molecular weight excluding hydrogens is 396 g/mol. The van der Waals surface area contributed by atoms with Crippen LogP contribution in [0.4, 0.5) is 0 Å². The van der Waals surface area contributed by atoms with Crippen LogP contribution in [0, 0.1) is 0 Å². The molecule has 5 nitrogen and oxygen atoms in total. The Labute approximate surface area is 176 Å². The van der Waals surface area contributed by atoms with Gasteiger partial charge in [-0.25, -0.2) is 9.38 Å². The molecule has 0 amide bonds. The van der Waals surface area contributed by atoms with Gasteiger partial charge in [-0.3, -0.25) is 4.79 Å². The summed E-state index contributed by atoms with van der Waals surface area (Å²) in [7, 11) is 1.61. The SMILES string of the molecule is COc1cccc(/C=c2/sc3nc4ccccc4n3c2=O)c1OCc1ccccc1.